The lowest BCUT2D eigenvalue weighted by Crippen LogP contribution is -2.59. The minimum atomic E-state index is -0.741. The summed E-state index contributed by atoms with van der Waals surface area (Å²) in [6, 6.07) is 6.79. The van der Waals surface area contributed by atoms with E-state index in [1.165, 1.54) is 12.1 Å². The molecule has 0 bridgehead atoms. The molecular weight excluding hydrogens is 331 g/mol. The fourth-order valence-electron chi connectivity index (χ4n) is 4.60. The second kappa shape index (κ2) is 7.28. The van der Waals surface area contributed by atoms with E-state index in [0.717, 1.165) is 37.8 Å². The van der Waals surface area contributed by atoms with E-state index in [1.54, 1.807) is 6.07 Å². The van der Waals surface area contributed by atoms with Crippen molar-refractivity contribution in [2.75, 3.05) is 26.2 Å². The molecule has 26 heavy (non-hydrogen) atoms. The number of carbonyl (C=O) groups excluding carboxylic acids is 1. The normalized spacial score (nSPS) is 24.0. The summed E-state index contributed by atoms with van der Waals surface area (Å²) >= 11 is 0. The van der Waals surface area contributed by atoms with Gasteiger partial charge in [-0.05, 0) is 51.3 Å². The number of β-amino-alcohol motifs (C(OH)–C–C–N with tert-alkyl or cyclic N) is 1. The summed E-state index contributed by atoms with van der Waals surface area (Å²) in [6.07, 6.45) is 3.62. The SMILES string of the molecule is C[C@H]1CN(C(=O)C2(c3cccc(F)c3)CCCC2)CCN1CC(C)(C)O. The summed E-state index contributed by atoms with van der Waals surface area (Å²) in [4.78, 5) is 17.7. The Kier molecular flexibility index (Phi) is 5.40. The molecule has 0 spiro atoms. The van der Waals surface area contributed by atoms with Crippen molar-refractivity contribution in [3.63, 3.8) is 0 Å². The Hall–Kier alpha value is -1.46. The average molecular weight is 362 g/mol. The summed E-state index contributed by atoms with van der Waals surface area (Å²) in [5.41, 5.74) is -0.485. The van der Waals surface area contributed by atoms with Gasteiger partial charge in [-0.15, -0.1) is 0 Å². The Morgan fingerprint density at radius 3 is 2.58 bits per heavy atom. The van der Waals surface area contributed by atoms with E-state index in [-0.39, 0.29) is 17.8 Å². The highest BCUT2D eigenvalue weighted by atomic mass is 19.1. The van der Waals surface area contributed by atoms with Crippen molar-refractivity contribution >= 4 is 5.91 Å². The van der Waals surface area contributed by atoms with Gasteiger partial charge in [0.15, 0.2) is 0 Å². The predicted octanol–water partition coefficient (Wildman–Crippen LogP) is 2.94. The number of amides is 1. The van der Waals surface area contributed by atoms with E-state index in [1.807, 2.05) is 24.8 Å². The fourth-order valence-corrected chi connectivity index (χ4v) is 4.60. The molecule has 2 aliphatic rings. The minimum Gasteiger partial charge on any atom is -0.389 e. The molecule has 2 fully saturated rings. The zero-order valence-electron chi connectivity index (χ0n) is 16.2. The number of carbonyl (C=O) groups is 1. The Morgan fingerprint density at radius 1 is 1.31 bits per heavy atom. The smallest absolute Gasteiger partial charge is 0.233 e. The van der Waals surface area contributed by atoms with E-state index in [4.69, 9.17) is 0 Å². The van der Waals surface area contributed by atoms with Crippen molar-refractivity contribution in [2.24, 2.45) is 0 Å². The quantitative estimate of drug-likeness (QED) is 0.896. The number of nitrogens with zero attached hydrogens (tertiary/aromatic N) is 2. The van der Waals surface area contributed by atoms with Gasteiger partial charge in [0.1, 0.15) is 5.82 Å². The van der Waals surface area contributed by atoms with E-state index < -0.39 is 11.0 Å². The Labute approximate surface area is 156 Å². The van der Waals surface area contributed by atoms with Gasteiger partial charge in [-0.2, -0.15) is 0 Å². The molecule has 3 rings (SSSR count). The highest BCUT2D eigenvalue weighted by Gasteiger charge is 2.46. The maximum atomic E-state index is 13.8. The Bertz CT molecular complexity index is 650. The molecule has 4 nitrogen and oxygen atoms in total. The molecule has 0 aromatic heterocycles. The maximum absolute atomic E-state index is 13.8. The van der Waals surface area contributed by atoms with Crippen molar-refractivity contribution in [2.45, 2.75) is 63.5 Å². The van der Waals surface area contributed by atoms with E-state index in [0.29, 0.717) is 19.6 Å². The molecule has 1 aromatic carbocycles. The molecule has 0 unspecified atom stereocenters. The van der Waals surface area contributed by atoms with Crippen LogP contribution in [-0.4, -0.2) is 58.6 Å². The lowest BCUT2D eigenvalue weighted by molar-refractivity contribution is -0.140. The summed E-state index contributed by atoms with van der Waals surface area (Å²) in [5.74, 6) is -0.125. The van der Waals surface area contributed by atoms with Crippen LogP contribution in [0.25, 0.3) is 0 Å². The van der Waals surface area contributed by atoms with Crippen molar-refractivity contribution in [1.82, 2.24) is 9.80 Å². The van der Waals surface area contributed by atoms with Crippen LogP contribution in [0, 0.1) is 5.82 Å². The number of aliphatic hydroxyl groups is 1. The molecule has 1 heterocycles. The molecule has 1 aromatic rings. The lowest BCUT2D eigenvalue weighted by atomic mass is 9.77. The Balaban J connectivity index is 1.77. The second-order valence-electron chi connectivity index (χ2n) is 8.68. The zero-order valence-corrected chi connectivity index (χ0v) is 16.2. The molecule has 5 heteroatoms. The van der Waals surface area contributed by atoms with Crippen LogP contribution in [0.5, 0.6) is 0 Å². The molecule has 1 aliphatic heterocycles. The summed E-state index contributed by atoms with van der Waals surface area (Å²) in [6.45, 7) is 8.42. The largest absolute Gasteiger partial charge is 0.389 e. The topological polar surface area (TPSA) is 43.8 Å². The Morgan fingerprint density at radius 2 is 2.00 bits per heavy atom. The van der Waals surface area contributed by atoms with Crippen molar-refractivity contribution in [3.05, 3.63) is 35.6 Å². The summed E-state index contributed by atoms with van der Waals surface area (Å²) in [7, 11) is 0. The third-order valence-corrected chi connectivity index (χ3v) is 5.89. The monoisotopic (exact) mass is 362 g/mol. The highest BCUT2D eigenvalue weighted by molar-refractivity contribution is 5.88. The minimum absolute atomic E-state index is 0.148. The van der Waals surface area contributed by atoms with Gasteiger partial charge < -0.3 is 10.0 Å². The summed E-state index contributed by atoms with van der Waals surface area (Å²) < 4.78 is 13.8. The van der Waals surface area contributed by atoms with Crippen LogP contribution in [-0.2, 0) is 10.2 Å². The van der Waals surface area contributed by atoms with Gasteiger partial charge in [-0.25, -0.2) is 4.39 Å². The third-order valence-electron chi connectivity index (χ3n) is 5.89. The van der Waals surface area contributed by atoms with Gasteiger partial charge in [0.2, 0.25) is 5.91 Å². The van der Waals surface area contributed by atoms with E-state index in [2.05, 4.69) is 11.8 Å². The van der Waals surface area contributed by atoms with Crippen LogP contribution in [0.15, 0.2) is 24.3 Å². The first-order valence-electron chi connectivity index (χ1n) is 9.73. The first kappa shape index (κ1) is 19.3. The molecule has 1 N–H and O–H groups in total. The third kappa shape index (κ3) is 3.94. The number of hydrogen-bond acceptors (Lipinski definition) is 3. The average Bonchev–Trinajstić information content (AvgIpc) is 3.06. The van der Waals surface area contributed by atoms with Crippen LogP contribution < -0.4 is 0 Å². The van der Waals surface area contributed by atoms with Crippen LogP contribution >= 0.6 is 0 Å². The van der Waals surface area contributed by atoms with Gasteiger partial charge in [-0.1, -0.05) is 25.0 Å². The molecule has 1 atom stereocenters. The predicted molar refractivity (Wildman–Crippen MR) is 100 cm³/mol. The standard InChI is InChI=1S/C21H31FN2O2/c1-16-14-23(11-12-24(16)15-20(2,3)26)19(25)21(9-4-5-10-21)17-7-6-8-18(22)13-17/h6-8,13,16,26H,4-5,9-12,14-15H2,1-3H3/t16-/m0/s1. The van der Waals surface area contributed by atoms with E-state index in [9.17, 15) is 14.3 Å². The first-order chi connectivity index (χ1) is 12.2. The van der Waals surface area contributed by atoms with Gasteiger partial charge in [0.25, 0.3) is 0 Å². The first-order valence-corrected chi connectivity index (χ1v) is 9.73. The zero-order chi connectivity index (χ0) is 18.9. The van der Waals surface area contributed by atoms with Crippen molar-refractivity contribution < 1.29 is 14.3 Å². The molecule has 0 radical (unpaired) electrons. The van der Waals surface area contributed by atoms with Crippen molar-refractivity contribution in [1.29, 1.82) is 0 Å². The van der Waals surface area contributed by atoms with Gasteiger partial charge >= 0.3 is 0 Å². The summed E-state index contributed by atoms with van der Waals surface area (Å²) in [5, 5.41) is 10.1. The number of halogens is 1. The number of piperazine rings is 1. The molecule has 1 amide bonds. The number of benzene rings is 1. The van der Waals surface area contributed by atoms with Crippen LogP contribution in [0.2, 0.25) is 0 Å². The van der Waals surface area contributed by atoms with Gasteiger partial charge in [0.05, 0.1) is 11.0 Å². The van der Waals surface area contributed by atoms with Gasteiger partial charge in [-0.3, -0.25) is 9.69 Å². The number of rotatable bonds is 4. The van der Waals surface area contributed by atoms with E-state index >= 15 is 0 Å². The molecule has 1 saturated carbocycles. The molecule has 1 saturated heterocycles. The van der Waals surface area contributed by atoms with Crippen molar-refractivity contribution in [3.8, 4) is 0 Å². The van der Waals surface area contributed by atoms with Crippen LogP contribution in [0.4, 0.5) is 4.39 Å². The number of hydrogen-bond donors (Lipinski definition) is 1. The molecule has 144 valence electrons. The van der Waals surface area contributed by atoms with Gasteiger partial charge in [0, 0.05) is 32.2 Å². The lowest BCUT2D eigenvalue weighted by Gasteiger charge is -2.44. The van der Waals surface area contributed by atoms with Crippen LogP contribution in [0.1, 0.15) is 52.0 Å². The highest BCUT2D eigenvalue weighted by Crippen LogP contribution is 2.43. The molecule has 1 aliphatic carbocycles. The van der Waals surface area contributed by atoms with Crippen LogP contribution in [0.3, 0.4) is 0 Å². The molecular formula is C21H31FN2O2. The fraction of sp³-hybridized carbons (Fsp3) is 0.667. The maximum Gasteiger partial charge on any atom is 0.233 e. The second-order valence-corrected chi connectivity index (χ2v) is 8.68.